The Bertz CT molecular complexity index is 915. The van der Waals surface area contributed by atoms with Crippen LogP contribution in [0.5, 0.6) is 0 Å². The lowest BCUT2D eigenvalue weighted by Gasteiger charge is -2.36. The Hall–Kier alpha value is -2.80. The Morgan fingerprint density at radius 1 is 1.24 bits per heavy atom. The van der Waals surface area contributed by atoms with Crippen LogP contribution in [0.25, 0.3) is 0 Å². The first kappa shape index (κ1) is 19.5. The van der Waals surface area contributed by atoms with E-state index in [1.54, 1.807) is 35.5 Å². The SMILES string of the molecule is NC(CC(=O)N1Cc2ccncc2CC1C(=O)NC1CC1)Cc1ccccc1F. The molecule has 2 aromatic rings. The van der Waals surface area contributed by atoms with Crippen LogP contribution in [0.2, 0.25) is 0 Å². The molecule has 2 atom stereocenters. The molecule has 0 bridgehead atoms. The molecule has 4 rings (SSSR count). The van der Waals surface area contributed by atoms with Crippen molar-refractivity contribution in [3.63, 3.8) is 0 Å². The third-order valence-corrected chi connectivity index (χ3v) is 5.56. The summed E-state index contributed by atoms with van der Waals surface area (Å²) in [5.41, 5.74) is 8.64. The van der Waals surface area contributed by atoms with Crippen LogP contribution in [-0.2, 0) is 29.0 Å². The van der Waals surface area contributed by atoms with Crippen molar-refractivity contribution >= 4 is 11.8 Å². The molecular formula is C22H25FN4O2. The number of benzene rings is 1. The lowest BCUT2D eigenvalue weighted by atomic mass is 9.94. The van der Waals surface area contributed by atoms with Gasteiger partial charge in [-0.15, -0.1) is 0 Å². The fourth-order valence-electron chi connectivity index (χ4n) is 3.79. The van der Waals surface area contributed by atoms with Crippen LogP contribution in [0.15, 0.2) is 42.7 Å². The zero-order valence-electron chi connectivity index (χ0n) is 16.2. The molecule has 152 valence electrons. The van der Waals surface area contributed by atoms with E-state index >= 15 is 0 Å². The second-order valence-corrected chi connectivity index (χ2v) is 7.93. The third-order valence-electron chi connectivity index (χ3n) is 5.56. The summed E-state index contributed by atoms with van der Waals surface area (Å²) in [6.45, 7) is 0.353. The summed E-state index contributed by atoms with van der Waals surface area (Å²) >= 11 is 0. The van der Waals surface area contributed by atoms with Crippen molar-refractivity contribution in [1.82, 2.24) is 15.2 Å². The zero-order chi connectivity index (χ0) is 20.4. The second-order valence-electron chi connectivity index (χ2n) is 7.93. The number of aromatic nitrogens is 1. The topological polar surface area (TPSA) is 88.3 Å². The van der Waals surface area contributed by atoms with Crippen molar-refractivity contribution < 1.29 is 14.0 Å². The van der Waals surface area contributed by atoms with Gasteiger partial charge in [-0.2, -0.15) is 0 Å². The van der Waals surface area contributed by atoms with E-state index in [1.165, 1.54) is 6.07 Å². The molecule has 6 nitrogen and oxygen atoms in total. The molecule has 1 aromatic heterocycles. The summed E-state index contributed by atoms with van der Waals surface area (Å²) in [6, 6.07) is 7.44. The van der Waals surface area contributed by atoms with Gasteiger partial charge in [-0.3, -0.25) is 14.6 Å². The van der Waals surface area contributed by atoms with Crippen molar-refractivity contribution in [3.8, 4) is 0 Å². The molecule has 3 N–H and O–H groups in total. The van der Waals surface area contributed by atoms with Crippen molar-refractivity contribution in [2.24, 2.45) is 5.73 Å². The molecule has 1 aliphatic carbocycles. The lowest BCUT2D eigenvalue weighted by molar-refractivity contribution is -0.142. The van der Waals surface area contributed by atoms with E-state index in [0.717, 1.165) is 24.0 Å². The molecule has 0 spiro atoms. The van der Waals surface area contributed by atoms with E-state index < -0.39 is 12.1 Å². The van der Waals surface area contributed by atoms with E-state index in [1.807, 2.05) is 6.07 Å². The number of nitrogens with two attached hydrogens (primary N) is 1. The summed E-state index contributed by atoms with van der Waals surface area (Å²) in [6.07, 6.45) is 6.19. The number of carbonyl (C=O) groups excluding carboxylic acids is 2. The third kappa shape index (κ3) is 4.62. The molecule has 1 aliphatic heterocycles. The quantitative estimate of drug-likeness (QED) is 0.778. The maximum absolute atomic E-state index is 13.9. The van der Waals surface area contributed by atoms with Gasteiger partial charge in [0.25, 0.3) is 0 Å². The molecule has 2 heterocycles. The molecule has 2 unspecified atom stereocenters. The average molecular weight is 396 g/mol. The normalized spacial score (nSPS) is 19.4. The first-order chi connectivity index (χ1) is 14.0. The van der Waals surface area contributed by atoms with Gasteiger partial charge in [0.05, 0.1) is 0 Å². The highest BCUT2D eigenvalue weighted by Crippen LogP contribution is 2.26. The Kier molecular flexibility index (Phi) is 5.58. The van der Waals surface area contributed by atoms with Crippen molar-refractivity contribution in [1.29, 1.82) is 0 Å². The van der Waals surface area contributed by atoms with Gasteiger partial charge < -0.3 is 16.0 Å². The number of amides is 2. The molecule has 2 amide bonds. The predicted octanol–water partition coefficient (Wildman–Crippen LogP) is 1.71. The second kappa shape index (κ2) is 8.29. The monoisotopic (exact) mass is 396 g/mol. The summed E-state index contributed by atoms with van der Waals surface area (Å²) < 4.78 is 13.9. The van der Waals surface area contributed by atoms with Crippen LogP contribution in [0, 0.1) is 5.82 Å². The van der Waals surface area contributed by atoms with Gasteiger partial charge in [0.15, 0.2) is 0 Å². The van der Waals surface area contributed by atoms with Crippen molar-refractivity contribution in [2.45, 2.75) is 56.8 Å². The van der Waals surface area contributed by atoms with Crippen LogP contribution in [-0.4, -0.2) is 39.8 Å². The minimum absolute atomic E-state index is 0.0575. The van der Waals surface area contributed by atoms with Crippen molar-refractivity contribution in [3.05, 3.63) is 65.2 Å². The smallest absolute Gasteiger partial charge is 0.243 e. The molecule has 0 saturated heterocycles. The largest absolute Gasteiger partial charge is 0.352 e. The number of pyridine rings is 1. The highest BCUT2D eigenvalue weighted by Gasteiger charge is 2.37. The van der Waals surface area contributed by atoms with Crippen molar-refractivity contribution in [2.75, 3.05) is 0 Å². The highest BCUT2D eigenvalue weighted by atomic mass is 19.1. The molecule has 0 radical (unpaired) electrons. The van der Waals surface area contributed by atoms with Gasteiger partial charge >= 0.3 is 0 Å². The molecule has 1 fully saturated rings. The minimum Gasteiger partial charge on any atom is -0.352 e. The van der Waals surface area contributed by atoms with Crippen LogP contribution >= 0.6 is 0 Å². The lowest BCUT2D eigenvalue weighted by Crippen LogP contribution is -2.53. The number of fused-ring (bicyclic) bond motifs is 1. The van der Waals surface area contributed by atoms with Crippen LogP contribution < -0.4 is 11.1 Å². The number of halogens is 1. The number of hydrogen-bond donors (Lipinski definition) is 2. The Morgan fingerprint density at radius 2 is 2.03 bits per heavy atom. The van der Waals surface area contributed by atoms with Gasteiger partial charge in [-0.1, -0.05) is 18.2 Å². The van der Waals surface area contributed by atoms with Crippen LogP contribution in [0.3, 0.4) is 0 Å². The Labute approximate surface area is 169 Å². The number of hydrogen-bond acceptors (Lipinski definition) is 4. The Balaban J connectivity index is 1.47. The van der Waals surface area contributed by atoms with Gasteiger partial charge in [0.1, 0.15) is 11.9 Å². The number of nitrogens with zero attached hydrogens (tertiary/aromatic N) is 2. The minimum atomic E-state index is -0.569. The van der Waals surface area contributed by atoms with Crippen LogP contribution in [0.4, 0.5) is 4.39 Å². The fourth-order valence-corrected chi connectivity index (χ4v) is 3.79. The van der Waals surface area contributed by atoms with E-state index in [4.69, 9.17) is 5.73 Å². The van der Waals surface area contributed by atoms with Gasteiger partial charge in [0, 0.05) is 43.9 Å². The fraction of sp³-hybridized carbons (Fsp3) is 0.409. The van der Waals surface area contributed by atoms with Gasteiger partial charge in [0.2, 0.25) is 11.8 Å². The van der Waals surface area contributed by atoms with E-state index in [2.05, 4.69) is 10.3 Å². The maximum Gasteiger partial charge on any atom is 0.243 e. The number of rotatable bonds is 6. The summed E-state index contributed by atoms with van der Waals surface area (Å²) in [5, 5.41) is 3.01. The molecule has 1 aromatic carbocycles. The first-order valence-electron chi connectivity index (χ1n) is 10.0. The van der Waals surface area contributed by atoms with Gasteiger partial charge in [-0.25, -0.2) is 4.39 Å². The standard InChI is InChI=1S/C22H25FN4O2/c23-19-4-2-1-3-14(19)9-17(24)11-21(28)27-13-15-7-8-25-12-16(15)10-20(27)22(29)26-18-5-6-18/h1-4,7-8,12,17-18,20H,5-6,9-11,13,24H2,(H,26,29). The molecule has 2 aliphatic rings. The molecule has 1 saturated carbocycles. The summed E-state index contributed by atoms with van der Waals surface area (Å²) in [5.74, 6) is -0.637. The Morgan fingerprint density at radius 3 is 2.79 bits per heavy atom. The molecule has 7 heteroatoms. The molecular weight excluding hydrogens is 371 g/mol. The number of carbonyl (C=O) groups is 2. The average Bonchev–Trinajstić information content (AvgIpc) is 3.52. The first-order valence-corrected chi connectivity index (χ1v) is 10.0. The summed E-state index contributed by atoms with van der Waals surface area (Å²) in [4.78, 5) is 31.6. The van der Waals surface area contributed by atoms with Crippen LogP contribution in [0.1, 0.15) is 36.0 Å². The van der Waals surface area contributed by atoms with E-state index in [0.29, 0.717) is 18.5 Å². The zero-order valence-corrected chi connectivity index (χ0v) is 16.2. The number of nitrogens with one attached hydrogen (secondary N) is 1. The van der Waals surface area contributed by atoms with E-state index in [9.17, 15) is 14.0 Å². The predicted molar refractivity (Wildman–Crippen MR) is 106 cm³/mol. The maximum atomic E-state index is 13.9. The molecule has 29 heavy (non-hydrogen) atoms. The summed E-state index contributed by atoms with van der Waals surface area (Å²) in [7, 11) is 0. The van der Waals surface area contributed by atoms with Gasteiger partial charge in [-0.05, 0) is 48.1 Å². The highest BCUT2D eigenvalue weighted by molar-refractivity contribution is 5.89. The van der Waals surface area contributed by atoms with E-state index in [-0.39, 0.29) is 36.5 Å².